The van der Waals surface area contributed by atoms with Crippen LogP contribution in [0.1, 0.15) is 271 Å². The smallest absolute Gasteiger partial charge is 0.306 e. The summed E-state index contributed by atoms with van der Waals surface area (Å²) in [4.78, 5) is 37.8. The predicted octanol–water partition coefficient (Wildman–Crippen LogP) is 18.6. The van der Waals surface area contributed by atoms with E-state index < -0.39 is 6.10 Å². The van der Waals surface area contributed by atoms with Gasteiger partial charge in [-0.2, -0.15) is 0 Å². The Balaban J connectivity index is 4.14. The summed E-state index contributed by atoms with van der Waals surface area (Å²) in [6, 6.07) is 0. The van der Waals surface area contributed by atoms with Gasteiger partial charge in [0.2, 0.25) is 0 Å². The van der Waals surface area contributed by atoms with Gasteiger partial charge in [-0.1, -0.05) is 254 Å². The van der Waals surface area contributed by atoms with Gasteiger partial charge in [0.05, 0.1) is 0 Å². The van der Waals surface area contributed by atoms with E-state index in [2.05, 4.69) is 93.7 Å². The largest absolute Gasteiger partial charge is 0.462 e. The molecule has 0 saturated carbocycles. The van der Waals surface area contributed by atoms with Crippen LogP contribution in [0.5, 0.6) is 0 Å². The van der Waals surface area contributed by atoms with E-state index in [1.807, 2.05) is 0 Å². The number of rotatable bonds is 50. The third-order valence-corrected chi connectivity index (χ3v) is 12.0. The minimum absolute atomic E-state index is 0.0755. The van der Waals surface area contributed by atoms with Gasteiger partial charge in [-0.15, -0.1) is 0 Å². The highest BCUT2D eigenvalue weighted by Gasteiger charge is 2.19. The van der Waals surface area contributed by atoms with Crippen molar-refractivity contribution in [3.05, 3.63) is 72.9 Å². The van der Waals surface area contributed by atoms with Crippen LogP contribution in [0, 0.1) is 0 Å². The van der Waals surface area contributed by atoms with E-state index in [1.54, 1.807) is 0 Å². The number of carbonyl (C=O) groups is 3. The molecular weight excluding hydrogens is 817 g/mol. The number of allylic oxidation sites excluding steroid dienone is 12. The van der Waals surface area contributed by atoms with Crippen molar-refractivity contribution in [1.29, 1.82) is 0 Å². The molecule has 1 atom stereocenters. The Labute approximate surface area is 408 Å². The maximum atomic E-state index is 12.8. The van der Waals surface area contributed by atoms with Crippen LogP contribution < -0.4 is 0 Å². The Hall–Kier alpha value is -3.15. The van der Waals surface area contributed by atoms with Gasteiger partial charge in [-0.25, -0.2) is 0 Å². The van der Waals surface area contributed by atoms with Crippen molar-refractivity contribution in [2.75, 3.05) is 13.2 Å². The normalized spacial score (nSPS) is 12.6. The Morgan fingerprint density at radius 1 is 0.318 bits per heavy atom. The molecule has 0 aliphatic heterocycles. The molecule has 0 aromatic rings. The van der Waals surface area contributed by atoms with Crippen LogP contribution in [-0.4, -0.2) is 37.2 Å². The lowest BCUT2D eigenvalue weighted by Gasteiger charge is -2.18. The van der Waals surface area contributed by atoms with E-state index in [4.69, 9.17) is 14.2 Å². The molecule has 380 valence electrons. The molecule has 0 aliphatic carbocycles. The highest BCUT2D eigenvalue weighted by atomic mass is 16.6. The molecule has 0 rings (SSSR count). The molecule has 66 heavy (non-hydrogen) atoms. The van der Waals surface area contributed by atoms with Gasteiger partial charge in [0, 0.05) is 19.3 Å². The van der Waals surface area contributed by atoms with Crippen molar-refractivity contribution in [2.24, 2.45) is 0 Å². The summed E-state index contributed by atoms with van der Waals surface area (Å²) in [6.07, 6.45) is 69.2. The van der Waals surface area contributed by atoms with Crippen LogP contribution in [0.4, 0.5) is 0 Å². The van der Waals surface area contributed by atoms with Gasteiger partial charge in [-0.05, 0) is 70.6 Å². The van der Waals surface area contributed by atoms with E-state index in [9.17, 15) is 14.4 Å². The Morgan fingerprint density at radius 3 is 0.924 bits per heavy atom. The maximum Gasteiger partial charge on any atom is 0.306 e. The zero-order valence-corrected chi connectivity index (χ0v) is 43.4. The third-order valence-electron chi connectivity index (χ3n) is 12.0. The monoisotopic (exact) mass is 921 g/mol. The summed E-state index contributed by atoms with van der Waals surface area (Å²) in [6.45, 7) is 6.47. The Morgan fingerprint density at radius 2 is 0.591 bits per heavy atom. The minimum Gasteiger partial charge on any atom is -0.462 e. The number of unbranched alkanes of at least 4 members (excludes halogenated alkanes) is 27. The Bertz CT molecular complexity index is 1240. The molecule has 1 unspecified atom stereocenters. The number of hydrogen-bond acceptors (Lipinski definition) is 6. The van der Waals surface area contributed by atoms with Gasteiger partial charge >= 0.3 is 17.9 Å². The van der Waals surface area contributed by atoms with Crippen molar-refractivity contribution in [3.8, 4) is 0 Å². The number of esters is 3. The Kier molecular flexibility index (Phi) is 51.9. The summed E-state index contributed by atoms with van der Waals surface area (Å²) in [5.74, 6) is -0.886. The van der Waals surface area contributed by atoms with Crippen molar-refractivity contribution >= 4 is 17.9 Å². The molecule has 0 fully saturated rings. The first kappa shape index (κ1) is 62.8. The van der Waals surface area contributed by atoms with Crippen molar-refractivity contribution in [1.82, 2.24) is 0 Å². The van der Waals surface area contributed by atoms with Crippen molar-refractivity contribution in [2.45, 2.75) is 277 Å². The van der Waals surface area contributed by atoms with E-state index in [0.29, 0.717) is 19.3 Å². The molecular formula is C60H104O6. The lowest BCUT2D eigenvalue weighted by atomic mass is 10.0. The average molecular weight is 921 g/mol. The van der Waals surface area contributed by atoms with Crippen LogP contribution in [0.25, 0.3) is 0 Å². The standard InChI is InChI=1S/C60H104O6/c1-4-7-10-13-16-18-20-22-24-25-26-27-28-29-30-31-32-33-34-35-37-38-40-42-44-47-50-53-59(62)65-56-57(55-64-58(61)52-49-46-15-12-9-6-3)66-60(63)54-51-48-45-43-41-39-36-23-21-19-17-14-11-8-5-2/h7,10,16,18,22,24,26-27,29-30,32-33,57H,4-6,8-9,11-15,17,19-21,23,25,28,31,34-56H2,1-3H3/b10-7-,18-16-,24-22-,27-26-,30-29-,33-32-. The van der Waals surface area contributed by atoms with Gasteiger partial charge in [0.1, 0.15) is 13.2 Å². The SMILES string of the molecule is CC/C=C\C/C=C\C/C=C\C/C=C\C/C=C\C/C=C\CCCCCCCCCCC(=O)OCC(COC(=O)CCCCCCCC)OC(=O)CCCCCCCCCCCCCCCCC. The predicted molar refractivity (Wildman–Crippen MR) is 284 cm³/mol. The molecule has 6 heteroatoms. The molecule has 0 heterocycles. The van der Waals surface area contributed by atoms with E-state index in [1.165, 1.54) is 128 Å². The molecule has 0 saturated heterocycles. The first-order valence-corrected chi connectivity index (χ1v) is 27.9. The van der Waals surface area contributed by atoms with Crippen molar-refractivity contribution in [3.63, 3.8) is 0 Å². The molecule has 0 aromatic carbocycles. The van der Waals surface area contributed by atoms with E-state index >= 15 is 0 Å². The van der Waals surface area contributed by atoms with Crippen LogP contribution in [-0.2, 0) is 28.6 Å². The minimum atomic E-state index is -0.773. The number of ether oxygens (including phenoxy) is 3. The second-order valence-electron chi connectivity index (χ2n) is 18.5. The lowest BCUT2D eigenvalue weighted by Crippen LogP contribution is -2.30. The molecule has 0 aliphatic rings. The quantitative estimate of drug-likeness (QED) is 0.0262. The van der Waals surface area contributed by atoms with Gasteiger partial charge in [0.15, 0.2) is 6.10 Å². The fraction of sp³-hybridized carbons (Fsp3) is 0.750. The zero-order valence-electron chi connectivity index (χ0n) is 43.4. The molecule has 0 amide bonds. The van der Waals surface area contributed by atoms with Gasteiger partial charge in [0.25, 0.3) is 0 Å². The van der Waals surface area contributed by atoms with Gasteiger partial charge in [-0.3, -0.25) is 14.4 Å². The summed E-state index contributed by atoms with van der Waals surface area (Å²) >= 11 is 0. The fourth-order valence-electron chi connectivity index (χ4n) is 7.80. The summed E-state index contributed by atoms with van der Waals surface area (Å²) in [5, 5.41) is 0. The van der Waals surface area contributed by atoms with E-state index in [0.717, 1.165) is 103 Å². The zero-order chi connectivity index (χ0) is 47.9. The topological polar surface area (TPSA) is 78.9 Å². The van der Waals surface area contributed by atoms with Crippen LogP contribution >= 0.6 is 0 Å². The highest BCUT2D eigenvalue weighted by molar-refractivity contribution is 5.71. The first-order chi connectivity index (χ1) is 32.5. The van der Waals surface area contributed by atoms with Crippen molar-refractivity contribution < 1.29 is 28.6 Å². The molecule has 0 radical (unpaired) electrons. The third kappa shape index (κ3) is 51.8. The second-order valence-corrected chi connectivity index (χ2v) is 18.5. The summed E-state index contributed by atoms with van der Waals surface area (Å²) in [7, 11) is 0. The summed E-state index contributed by atoms with van der Waals surface area (Å²) in [5.41, 5.74) is 0. The second kappa shape index (κ2) is 54.5. The first-order valence-electron chi connectivity index (χ1n) is 27.9. The maximum absolute atomic E-state index is 12.8. The molecule has 0 spiro atoms. The van der Waals surface area contributed by atoms with Crippen LogP contribution in [0.15, 0.2) is 72.9 Å². The van der Waals surface area contributed by atoms with E-state index in [-0.39, 0.29) is 31.1 Å². The fourth-order valence-corrected chi connectivity index (χ4v) is 7.80. The lowest BCUT2D eigenvalue weighted by molar-refractivity contribution is -0.167. The molecule has 6 nitrogen and oxygen atoms in total. The molecule has 0 N–H and O–H groups in total. The molecule has 0 bridgehead atoms. The van der Waals surface area contributed by atoms with Crippen LogP contribution in [0.3, 0.4) is 0 Å². The average Bonchev–Trinajstić information content (AvgIpc) is 3.31. The molecule has 0 aromatic heterocycles. The number of hydrogen-bond donors (Lipinski definition) is 0. The number of carbonyl (C=O) groups excluding carboxylic acids is 3. The van der Waals surface area contributed by atoms with Gasteiger partial charge < -0.3 is 14.2 Å². The van der Waals surface area contributed by atoms with Crippen LogP contribution in [0.2, 0.25) is 0 Å². The highest BCUT2D eigenvalue weighted by Crippen LogP contribution is 2.16. The summed E-state index contributed by atoms with van der Waals surface area (Å²) < 4.78 is 16.7.